The second-order valence-corrected chi connectivity index (χ2v) is 7.41. The van der Waals surface area contributed by atoms with E-state index in [1.165, 1.54) is 12.0 Å². The first kappa shape index (κ1) is 17.0. The Morgan fingerprint density at radius 3 is 2.43 bits per heavy atom. The predicted molar refractivity (Wildman–Crippen MR) is 111 cm³/mol. The summed E-state index contributed by atoms with van der Waals surface area (Å²) < 4.78 is 7.40. The van der Waals surface area contributed by atoms with Crippen LogP contribution in [0.2, 0.25) is 0 Å². The summed E-state index contributed by atoms with van der Waals surface area (Å²) in [5.41, 5.74) is 12.6. The molecule has 1 saturated carbocycles. The molecule has 140 valence electrons. The van der Waals surface area contributed by atoms with Crippen LogP contribution in [0.5, 0.6) is 6.01 Å². The van der Waals surface area contributed by atoms with Crippen LogP contribution in [-0.4, -0.2) is 21.6 Å². The summed E-state index contributed by atoms with van der Waals surface area (Å²) in [6.07, 6.45) is 5.14. The van der Waals surface area contributed by atoms with Gasteiger partial charge in [-0.3, -0.25) is 0 Å². The van der Waals surface area contributed by atoms with Crippen LogP contribution in [0, 0.1) is 0 Å². The minimum absolute atomic E-state index is 0.157. The topological polar surface area (TPSA) is 66.0 Å². The van der Waals surface area contributed by atoms with Gasteiger partial charge in [0.15, 0.2) is 0 Å². The van der Waals surface area contributed by atoms with Gasteiger partial charge in [-0.2, -0.15) is 4.98 Å². The lowest BCUT2D eigenvalue weighted by Gasteiger charge is -2.38. The zero-order valence-corrected chi connectivity index (χ0v) is 15.8. The summed E-state index contributed by atoms with van der Waals surface area (Å²) in [7, 11) is 1.58. The van der Waals surface area contributed by atoms with Crippen LogP contribution in [0.3, 0.4) is 0 Å². The Morgan fingerprint density at radius 2 is 1.79 bits per heavy atom. The molecule has 2 aromatic heterocycles. The molecule has 0 atom stereocenters. The maximum absolute atomic E-state index is 6.50. The van der Waals surface area contributed by atoms with Gasteiger partial charge in [-0.1, -0.05) is 42.5 Å². The van der Waals surface area contributed by atoms with Gasteiger partial charge in [-0.15, -0.1) is 0 Å². The number of hydrogen-bond donors (Lipinski definition) is 1. The Balaban J connectivity index is 1.68. The summed E-state index contributed by atoms with van der Waals surface area (Å²) in [6, 6.07) is 21.3. The number of aromatic nitrogens is 3. The smallest absolute Gasteiger partial charge is 0.316 e. The Hall–Kier alpha value is -3.18. The number of methoxy groups -OCH3 is 1. The Morgan fingerprint density at radius 1 is 1.04 bits per heavy atom. The van der Waals surface area contributed by atoms with Crippen LogP contribution in [0.25, 0.3) is 28.0 Å². The third-order valence-corrected chi connectivity index (χ3v) is 5.73. The fourth-order valence-electron chi connectivity index (χ4n) is 3.96. The Kier molecular flexibility index (Phi) is 3.91. The molecule has 1 fully saturated rings. The molecule has 0 radical (unpaired) electrons. The van der Waals surface area contributed by atoms with Gasteiger partial charge in [0.2, 0.25) is 0 Å². The summed E-state index contributed by atoms with van der Waals surface area (Å²) in [5, 5.41) is 0. The highest BCUT2D eigenvalue weighted by Crippen LogP contribution is 2.39. The average Bonchev–Trinajstić information content (AvgIpc) is 3.11. The third kappa shape index (κ3) is 2.67. The van der Waals surface area contributed by atoms with E-state index in [1.54, 1.807) is 7.11 Å². The molecule has 4 aromatic rings. The summed E-state index contributed by atoms with van der Waals surface area (Å²) in [4.78, 5) is 8.85. The van der Waals surface area contributed by atoms with E-state index < -0.39 is 0 Å². The number of hydrogen-bond acceptors (Lipinski definition) is 4. The summed E-state index contributed by atoms with van der Waals surface area (Å²) >= 11 is 0. The molecule has 0 unspecified atom stereocenters. The normalized spacial score (nSPS) is 15.4. The molecular weight excluding hydrogens is 348 g/mol. The summed E-state index contributed by atoms with van der Waals surface area (Å²) in [5.74, 6) is 0. The van der Waals surface area contributed by atoms with Gasteiger partial charge in [0.05, 0.1) is 30.0 Å². The molecule has 2 heterocycles. The highest BCUT2D eigenvalue weighted by molar-refractivity contribution is 5.86. The van der Waals surface area contributed by atoms with Gasteiger partial charge < -0.3 is 15.0 Å². The van der Waals surface area contributed by atoms with Crippen LogP contribution in [-0.2, 0) is 5.54 Å². The van der Waals surface area contributed by atoms with Gasteiger partial charge in [0, 0.05) is 11.2 Å². The Bertz CT molecular complexity index is 1130. The predicted octanol–water partition coefficient (Wildman–Crippen LogP) is 4.43. The van der Waals surface area contributed by atoms with Crippen molar-refractivity contribution in [2.45, 2.75) is 24.8 Å². The maximum Gasteiger partial charge on any atom is 0.316 e. The van der Waals surface area contributed by atoms with Gasteiger partial charge in [-0.25, -0.2) is 4.98 Å². The van der Waals surface area contributed by atoms with E-state index in [4.69, 9.17) is 10.5 Å². The quantitative estimate of drug-likeness (QED) is 0.577. The van der Waals surface area contributed by atoms with E-state index in [2.05, 4.69) is 57.0 Å². The standard InChI is InChI=1S/C23H22N4O/c1-28-22-25-15-21-19(26-22)14-20(16-6-3-2-4-7-16)27(21)18-10-8-17(9-11-18)23(24)12-5-13-23/h2-4,6-11,14-15H,5,12-13,24H2,1H3. The van der Waals surface area contributed by atoms with E-state index in [-0.39, 0.29) is 5.54 Å². The van der Waals surface area contributed by atoms with E-state index in [1.807, 2.05) is 24.4 Å². The third-order valence-electron chi connectivity index (χ3n) is 5.73. The van der Waals surface area contributed by atoms with E-state index in [0.29, 0.717) is 6.01 Å². The zero-order chi connectivity index (χ0) is 19.1. The molecular formula is C23H22N4O. The van der Waals surface area contributed by atoms with E-state index in [0.717, 1.165) is 40.8 Å². The van der Waals surface area contributed by atoms with Crippen molar-refractivity contribution in [2.24, 2.45) is 5.73 Å². The van der Waals surface area contributed by atoms with E-state index in [9.17, 15) is 0 Å². The van der Waals surface area contributed by atoms with Crippen LogP contribution >= 0.6 is 0 Å². The van der Waals surface area contributed by atoms with Gasteiger partial charge in [-0.05, 0) is 48.6 Å². The highest BCUT2D eigenvalue weighted by atomic mass is 16.5. The fourth-order valence-corrected chi connectivity index (χ4v) is 3.96. The first-order valence-electron chi connectivity index (χ1n) is 9.56. The lowest BCUT2D eigenvalue weighted by molar-refractivity contribution is 0.253. The number of nitrogens with two attached hydrogens (primary N) is 1. The largest absolute Gasteiger partial charge is 0.467 e. The molecule has 0 spiro atoms. The second kappa shape index (κ2) is 6.46. The number of benzene rings is 2. The summed E-state index contributed by atoms with van der Waals surface area (Å²) in [6.45, 7) is 0. The molecule has 2 N–H and O–H groups in total. The molecule has 2 aromatic carbocycles. The van der Waals surface area contributed by atoms with Crippen molar-refractivity contribution in [2.75, 3.05) is 7.11 Å². The average molecular weight is 370 g/mol. The molecule has 5 rings (SSSR count). The highest BCUT2D eigenvalue weighted by Gasteiger charge is 2.34. The minimum Gasteiger partial charge on any atom is -0.467 e. The monoisotopic (exact) mass is 370 g/mol. The van der Waals surface area contributed by atoms with Crippen LogP contribution in [0.1, 0.15) is 24.8 Å². The number of ether oxygens (including phenoxy) is 1. The van der Waals surface area contributed by atoms with E-state index >= 15 is 0 Å². The van der Waals surface area contributed by atoms with Gasteiger partial charge in [0.25, 0.3) is 0 Å². The first-order chi connectivity index (χ1) is 13.7. The molecule has 0 amide bonds. The molecule has 5 heteroatoms. The van der Waals surface area contributed by atoms with Crippen molar-refractivity contribution in [3.05, 3.63) is 72.4 Å². The molecule has 0 aliphatic heterocycles. The molecule has 1 aliphatic rings. The van der Waals surface area contributed by atoms with Crippen molar-refractivity contribution in [3.8, 4) is 23.0 Å². The van der Waals surface area contributed by atoms with Crippen molar-refractivity contribution >= 4 is 11.0 Å². The van der Waals surface area contributed by atoms with Crippen molar-refractivity contribution in [1.29, 1.82) is 0 Å². The van der Waals surface area contributed by atoms with Crippen molar-refractivity contribution in [1.82, 2.24) is 14.5 Å². The lowest BCUT2D eigenvalue weighted by Crippen LogP contribution is -2.43. The van der Waals surface area contributed by atoms with Crippen molar-refractivity contribution < 1.29 is 4.74 Å². The fraction of sp³-hybridized carbons (Fsp3) is 0.217. The molecule has 5 nitrogen and oxygen atoms in total. The van der Waals surface area contributed by atoms with Crippen molar-refractivity contribution in [3.63, 3.8) is 0 Å². The van der Waals surface area contributed by atoms with Crippen LogP contribution in [0.15, 0.2) is 66.9 Å². The SMILES string of the molecule is COc1ncc2c(cc(-c3ccccc3)n2-c2ccc(C3(N)CCC3)cc2)n1. The number of rotatable bonds is 4. The van der Waals surface area contributed by atoms with Gasteiger partial charge in [0.1, 0.15) is 0 Å². The Labute approximate surface area is 163 Å². The molecule has 0 bridgehead atoms. The zero-order valence-electron chi connectivity index (χ0n) is 15.8. The molecule has 28 heavy (non-hydrogen) atoms. The second-order valence-electron chi connectivity index (χ2n) is 7.41. The molecule has 0 saturated heterocycles. The maximum atomic E-state index is 6.50. The minimum atomic E-state index is -0.157. The first-order valence-corrected chi connectivity index (χ1v) is 9.56. The van der Waals surface area contributed by atoms with Crippen LogP contribution < -0.4 is 10.5 Å². The van der Waals surface area contributed by atoms with Crippen LogP contribution in [0.4, 0.5) is 0 Å². The number of fused-ring (bicyclic) bond motifs is 1. The lowest BCUT2D eigenvalue weighted by atomic mass is 9.73. The molecule has 1 aliphatic carbocycles. The van der Waals surface area contributed by atoms with Gasteiger partial charge >= 0.3 is 6.01 Å². The number of nitrogens with zero attached hydrogens (tertiary/aromatic N) is 3.